The van der Waals surface area contributed by atoms with E-state index in [0.29, 0.717) is 31.9 Å². The Morgan fingerprint density at radius 1 is 1.06 bits per heavy atom. The van der Waals surface area contributed by atoms with E-state index in [1.165, 1.54) is 18.2 Å². The zero-order valence-corrected chi connectivity index (χ0v) is 11.2. The largest absolute Gasteiger partial charge is 0.392 e. The molecular weight excluding hydrogens is 299 g/mol. The van der Waals surface area contributed by atoms with Crippen LogP contribution in [0.5, 0.6) is 0 Å². The van der Waals surface area contributed by atoms with E-state index in [2.05, 4.69) is 4.98 Å². The number of benzene rings is 1. The number of aromatic nitrogens is 1. The minimum absolute atomic E-state index is 0.311. The second-order valence-electron chi connectivity index (χ2n) is 3.57. The fourth-order valence-corrected chi connectivity index (χ4v) is 2.18. The summed E-state index contributed by atoms with van der Waals surface area (Å²) in [5.41, 5.74) is 1.20. The molecule has 0 fully saturated rings. The molecule has 0 saturated heterocycles. The number of halogens is 4. The minimum atomic E-state index is -0.529. The highest BCUT2D eigenvalue weighted by atomic mass is 35.5. The van der Waals surface area contributed by atoms with Gasteiger partial charge in [0.25, 0.3) is 0 Å². The Morgan fingerprint density at radius 3 is 2.39 bits per heavy atom. The summed E-state index contributed by atoms with van der Waals surface area (Å²) >= 11 is 17.8. The van der Waals surface area contributed by atoms with E-state index in [4.69, 9.17) is 34.8 Å². The summed E-state index contributed by atoms with van der Waals surface area (Å²) in [5, 5.41) is 10.2. The lowest BCUT2D eigenvalue weighted by Gasteiger charge is -2.09. The van der Waals surface area contributed by atoms with Gasteiger partial charge in [0.1, 0.15) is 5.82 Å². The molecule has 2 aromatic rings. The van der Waals surface area contributed by atoms with Gasteiger partial charge in [-0.05, 0) is 18.2 Å². The third-order valence-corrected chi connectivity index (χ3v) is 3.40. The predicted molar refractivity (Wildman–Crippen MR) is 70.6 cm³/mol. The molecule has 0 aliphatic rings. The van der Waals surface area contributed by atoms with Gasteiger partial charge in [0.15, 0.2) is 0 Å². The monoisotopic (exact) mass is 305 g/mol. The van der Waals surface area contributed by atoms with Crippen LogP contribution in [-0.2, 0) is 6.61 Å². The fourth-order valence-electron chi connectivity index (χ4n) is 1.55. The van der Waals surface area contributed by atoms with Gasteiger partial charge in [0, 0.05) is 11.1 Å². The molecule has 0 atom stereocenters. The van der Waals surface area contributed by atoms with Gasteiger partial charge in [-0.2, -0.15) is 0 Å². The maximum Gasteiger partial charge on any atom is 0.141 e. The van der Waals surface area contributed by atoms with E-state index in [1.807, 2.05) is 0 Å². The summed E-state index contributed by atoms with van der Waals surface area (Å²) < 4.78 is 13.0. The first kappa shape index (κ1) is 13.6. The standard InChI is InChI=1S/C12H7Cl3FNO/c13-9-3-11(15)10(14)2-8(9)12-6(5-18)1-7(16)4-17-12/h1-4,18H,5H2. The second-order valence-corrected chi connectivity index (χ2v) is 4.79. The molecule has 0 saturated carbocycles. The molecule has 0 bridgehead atoms. The fraction of sp³-hybridized carbons (Fsp3) is 0.0833. The van der Waals surface area contributed by atoms with Gasteiger partial charge in [-0.15, -0.1) is 0 Å². The Labute approximate surface area is 118 Å². The first-order valence-electron chi connectivity index (χ1n) is 4.93. The van der Waals surface area contributed by atoms with Crippen LogP contribution in [0.3, 0.4) is 0 Å². The van der Waals surface area contributed by atoms with E-state index in [9.17, 15) is 9.50 Å². The van der Waals surface area contributed by atoms with Crippen molar-refractivity contribution in [3.8, 4) is 11.3 Å². The normalized spacial score (nSPS) is 10.7. The second kappa shape index (κ2) is 5.41. The van der Waals surface area contributed by atoms with Gasteiger partial charge in [-0.1, -0.05) is 34.8 Å². The van der Waals surface area contributed by atoms with E-state index in [1.54, 1.807) is 0 Å². The van der Waals surface area contributed by atoms with Crippen molar-refractivity contribution in [1.82, 2.24) is 4.98 Å². The molecule has 0 spiro atoms. The van der Waals surface area contributed by atoms with Crippen molar-refractivity contribution in [2.24, 2.45) is 0 Å². The third kappa shape index (κ3) is 2.59. The van der Waals surface area contributed by atoms with Gasteiger partial charge in [-0.3, -0.25) is 4.98 Å². The molecular formula is C12H7Cl3FNO. The maximum absolute atomic E-state index is 13.0. The van der Waals surface area contributed by atoms with Crippen LogP contribution in [-0.4, -0.2) is 10.1 Å². The average Bonchev–Trinajstić information content (AvgIpc) is 2.34. The van der Waals surface area contributed by atoms with Crippen molar-refractivity contribution in [2.45, 2.75) is 6.61 Å². The lowest BCUT2D eigenvalue weighted by Crippen LogP contribution is -1.95. The van der Waals surface area contributed by atoms with E-state index in [0.717, 1.165) is 6.20 Å². The SMILES string of the molecule is OCc1cc(F)cnc1-c1cc(Cl)c(Cl)cc1Cl. The molecule has 1 aromatic heterocycles. The number of hydrogen-bond acceptors (Lipinski definition) is 2. The van der Waals surface area contributed by atoms with Crippen molar-refractivity contribution in [2.75, 3.05) is 0 Å². The summed E-state index contributed by atoms with van der Waals surface area (Å²) in [4.78, 5) is 3.93. The van der Waals surface area contributed by atoms with Gasteiger partial charge < -0.3 is 5.11 Å². The minimum Gasteiger partial charge on any atom is -0.392 e. The van der Waals surface area contributed by atoms with Crippen molar-refractivity contribution in [3.63, 3.8) is 0 Å². The molecule has 0 amide bonds. The van der Waals surface area contributed by atoms with Gasteiger partial charge in [0.2, 0.25) is 0 Å². The topological polar surface area (TPSA) is 33.1 Å². The van der Waals surface area contributed by atoms with Crippen LogP contribution in [0.15, 0.2) is 24.4 Å². The molecule has 1 heterocycles. The highest BCUT2D eigenvalue weighted by Gasteiger charge is 2.13. The predicted octanol–water partition coefficient (Wildman–Crippen LogP) is 4.34. The molecule has 0 aliphatic heterocycles. The first-order valence-corrected chi connectivity index (χ1v) is 6.06. The van der Waals surface area contributed by atoms with Crippen LogP contribution < -0.4 is 0 Å². The lowest BCUT2D eigenvalue weighted by atomic mass is 10.1. The Kier molecular flexibility index (Phi) is 4.07. The lowest BCUT2D eigenvalue weighted by molar-refractivity contribution is 0.281. The number of aliphatic hydroxyl groups excluding tert-OH is 1. The highest BCUT2D eigenvalue weighted by molar-refractivity contribution is 6.44. The van der Waals surface area contributed by atoms with Crippen molar-refractivity contribution >= 4 is 34.8 Å². The van der Waals surface area contributed by atoms with Crippen LogP contribution in [0.1, 0.15) is 5.56 Å². The quantitative estimate of drug-likeness (QED) is 0.837. The maximum atomic E-state index is 13.0. The number of rotatable bonds is 2. The smallest absolute Gasteiger partial charge is 0.141 e. The molecule has 0 unspecified atom stereocenters. The van der Waals surface area contributed by atoms with Crippen LogP contribution in [0.4, 0.5) is 4.39 Å². The summed E-state index contributed by atoms with van der Waals surface area (Å²) in [6, 6.07) is 4.21. The van der Waals surface area contributed by atoms with E-state index < -0.39 is 5.82 Å². The Bertz CT molecular complexity index is 604. The average molecular weight is 307 g/mol. The molecule has 6 heteroatoms. The molecule has 94 valence electrons. The van der Waals surface area contributed by atoms with Crippen LogP contribution in [0, 0.1) is 5.82 Å². The molecule has 1 aromatic carbocycles. The van der Waals surface area contributed by atoms with Crippen LogP contribution in [0.25, 0.3) is 11.3 Å². The van der Waals surface area contributed by atoms with Gasteiger partial charge in [0.05, 0.1) is 33.6 Å². The first-order chi connectivity index (χ1) is 8.52. The third-order valence-electron chi connectivity index (χ3n) is 2.37. The molecule has 18 heavy (non-hydrogen) atoms. The molecule has 2 rings (SSSR count). The molecule has 0 radical (unpaired) electrons. The molecule has 1 N–H and O–H groups in total. The van der Waals surface area contributed by atoms with Crippen LogP contribution >= 0.6 is 34.8 Å². The van der Waals surface area contributed by atoms with E-state index in [-0.39, 0.29) is 6.61 Å². The number of hydrogen-bond donors (Lipinski definition) is 1. The molecule has 0 aliphatic carbocycles. The molecule has 2 nitrogen and oxygen atoms in total. The summed E-state index contributed by atoms with van der Waals surface area (Å²) in [6.07, 6.45) is 1.05. The zero-order chi connectivity index (χ0) is 13.3. The van der Waals surface area contributed by atoms with E-state index >= 15 is 0 Å². The highest BCUT2D eigenvalue weighted by Crippen LogP contribution is 2.35. The Balaban J connectivity index is 2.65. The zero-order valence-electron chi connectivity index (χ0n) is 8.92. The number of pyridine rings is 1. The summed E-state index contributed by atoms with van der Waals surface area (Å²) in [7, 11) is 0. The van der Waals surface area contributed by atoms with Gasteiger partial charge in [-0.25, -0.2) is 4.39 Å². The van der Waals surface area contributed by atoms with Gasteiger partial charge >= 0.3 is 0 Å². The van der Waals surface area contributed by atoms with Crippen molar-refractivity contribution in [3.05, 3.63) is 50.8 Å². The van der Waals surface area contributed by atoms with Crippen LogP contribution in [0.2, 0.25) is 15.1 Å². The Morgan fingerprint density at radius 2 is 1.72 bits per heavy atom. The Hall–Kier alpha value is -0.870. The van der Waals surface area contributed by atoms with Crippen molar-refractivity contribution in [1.29, 1.82) is 0 Å². The summed E-state index contributed by atoms with van der Waals surface area (Å²) in [5.74, 6) is -0.529. The summed E-state index contributed by atoms with van der Waals surface area (Å²) in [6.45, 7) is -0.351. The van der Waals surface area contributed by atoms with Crippen molar-refractivity contribution < 1.29 is 9.50 Å². The number of aliphatic hydroxyl groups is 1. The number of nitrogens with zero attached hydrogens (tertiary/aromatic N) is 1.